The van der Waals surface area contributed by atoms with Crippen molar-refractivity contribution in [3.8, 4) is 11.5 Å². The van der Waals surface area contributed by atoms with Gasteiger partial charge in [0.2, 0.25) is 5.91 Å². The fourth-order valence-corrected chi connectivity index (χ4v) is 2.69. The molecule has 8 heteroatoms. The molecule has 0 spiro atoms. The van der Waals surface area contributed by atoms with Crippen molar-refractivity contribution < 1.29 is 14.3 Å². The van der Waals surface area contributed by atoms with E-state index in [2.05, 4.69) is 10.4 Å². The summed E-state index contributed by atoms with van der Waals surface area (Å²) < 4.78 is 11.6. The van der Waals surface area contributed by atoms with E-state index in [-0.39, 0.29) is 12.5 Å². The number of rotatable bonds is 5. The normalized spacial score (nSPS) is 10.6. The fraction of sp³-hybridized carbons (Fsp3) is 0.167. The topological polar surface area (TPSA) is 82.5 Å². The quantitative estimate of drug-likeness (QED) is 0.743. The number of hydrogen-bond donors (Lipinski definition) is 1. The van der Waals surface area contributed by atoms with Gasteiger partial charge in [-0.3, -0.25) is 9.59 Å². The zero-order valence-electron chi connectivity index (χ0n) is 14.2. The first-order valence-electron chi connectivity index (χ1n) is 7.69. The maximum absolute atomic E-state index is 12.8. The zero-order chi connectivity index (χ0) is 18.7. The van der Waals surface area contributed by atoms with Crippen LogP contribution in [0.15, 0.2) is 47.4 Å². The van der Waals surface area contributed by atoms with Crippen LogP contribution in [-0.2, 0) is 11.3 Å². The second kappa shape index (κ2) is 7.45. The number of amides is 1. The van der Waals surface area contributed by atoms with Gasteiger partial charge in [-0.25, -0.2) is 4.68 Å². The average Bonchev–Trinajstić information content (AvgIpc) is 2.65. The number of carbonyl (C=O) groups is 1. The number of hydrogen-bond acceptors (Lipinski definition) is 5. The van der Waals surface area contributed by atoms with Crippen molar-refractivity contribution in [3.05, 3.63) is 58.0 Å². The Kier molecular flexibility index (Phi) is 5.09. The van der Waals surface area contributed by atoms with Crippen LogP contribution in [-0.4, -0.2) is 29.9 Å². The summed E-state index contributed by atoms with van der Waals surface area (Å²) in [4.78, 5) is 25.0. The van der Waals surface area contributed by atoms with E-state index in [9.17, 15) is 9.59 Å². The molecule has 7 nitrogen and oxygen atoms in total. The standard InChI is InChI=1S/C18H16ClN3O4/c1-25-14-8-3-11-9-20-22(18(24)16(11)17(14)26-2)10-15(23)21-13-6-4-12(19)5-7-13/h3-9H,10H2,1-2H3,(H,21,23). The second-order valence-corrected chi connectivity index (χ2v) is 5.86. The van der Waals surface area contributed by atoms with Crippen LogP contribution in [0.2, 0.25) is 5.02 Å². The molecule has 1 N–H and O–H groups in total. The Morgan fingerprint density at radius 3 is 2.54 bits per heavy atom. The molecule has 1 amide bonds. The van der Waals surface area contributed by atoms with E-state index < -0.39 is 5.56 Å². The molecule has 2 aromatic carbocycles. The van der Waals surface area contributed by atoms with Crippen molar-refractivity contribution in [1.82, 2.24) is 9.78 Å². The summed E-state index contributed by atoms with van der Waals surface area (Å²) in [6.45, 7) is -0.238. The molecule has 134 valence electrons. The Bertz CT molecular complexity index is 1020. The summed E-state index contributed by atoms with van der Waals surface area (Å²) in [7, 11) is 2.94. The highest BCUT2D eigenvalue weighted by Crippen LogP contribution is 2.32. The summed E-state index contributed by atoms with van der Waals surface area (Å²) in [5.74, 6) is 0.355. The van der Waals surface area contributed by atoms with Crippen molar-refractivity contribution in [3.63, 3.8) is 0 Å². The molecule has 3 rings (SSSR count). The van der Waals surface area contributed by atoms with Gasteiger partial charge in [-0.1, -0.05) is 11.6 Å². The van der Waals surface area contributed by atoms with Crippen LogP contribution >= 0.6 is 11.6 Å². The highest BCUT2D eigenvalue weighted by Gasteiger charge is 2.16. The number of fused-ring (bicyclic) bond motifs is 1. The minimum Gasteiger partial charge on any atom is -0.493 e. The number of nitrogens with zero attached hydrogens (tertiary/aromatic N) is 2. The molecular weight excluding hydrogens is 358 g/mol. The number of nitrogens with one attached hydrogen (secondary N) is 1. The molecule has 0 saturated heterocycles. The van der Waals surface area contributed by atoms with Gasteiger partial charge in [-0.05, 0) is 36.4 Å². The molecule has 1 heterocycles. The van der Waals surface area contributed by atoms with Crippen LogP contribution in [0.3, 0.4) is 0 Å². The van der Waals surface area contributed by atoms with E-state index in [0.29, 0.717) is 33.0 Å². The smallest absolute Gasteiger partial charge is 0.279 e. The van der Waals surface area contributed by atoms with E-state index in [1.54, 1.807) is 36.4 Å². The molecule has 3 aromatic rings. The van der Waals surface area contributed by atoms with Crippen molar-refractivity contribution in [1.29, 1.82) is 0 Å². The van der Waals surface area contributed by atoms with Crippen molar-refractivity contribution in [2.45, 2.75) is 6.54 Å². The summed E-state index contributed by atoms with van der Waals surface area (Å²) in [6, 6.07) is 10.1. The SMILES string of the molecule is COc1ccc2cnn(CC(=O)Nc3ccc(Cl)cc3)c(=O)c2c1OC. The van der Waals surface area contributed by atoms with E-state index in [1.807, 2.05) is 0 Å². The average molecular weight is 374 g/mol. The molecule has 0 atom stereocenters. The van der Waals surface area contributed by atoms with Gasteiger partial charge in [-0.2, -0.15) is 5.10 Å². The molecule has 1 aromatic heterocycles. The Morgan fingerprint density at radius 2 is 1.88 bits per heavy atom. The van der Waals surface area contributed by atoms with Crippen LogP contribution in [0.1, 0.15) is 0 Å². The first-order chi connectivity index (χ1) is 12.5. The lowest BCUT2D eigenvalue weighted by Crippen LogP contribution is -2.29. The molecule has 0 bridgehead atoms. The van der Waals surface area contributed by atoms with E-state index >= 15 is 0 Å². The molecule has 0 radical (unpaired) electrons. The first-order valence-corrected chi connectivity index (χ1v) is 8.07. The fourth-order valence-electron chi connectivity index (χ4n) is 2.57. The Labute approximate surface area is 154 Å². The van der Waals surface area contributed by atoms with Gasteiger partial charge in [-0.15, -0.1) is 0 Å². The van der Waals surface area contributed by atoms with Gasteiger partial charge in [0.25, 0.3) is 5.56 Å². The van der Waals surface area contributed by atoms with Gasteiger partial charge in [0.15, 0.2) is 11.5 Å². The maximum atomic E-state index is 12.8. The monoisotopic (exact) mass is 373 g/mol. The summed E-state index contributed by atoms with van der Waals surface area (Å²) in [5, 5.41) is 8.22. The van der Waals surface area contributed by atoms with Crippen molar-refractivity contribution in [2.24, 2.45) is 0 Å². The maximum Gasteiger partial charge on any atom is 0.279 e. The minimum atomic E-state index is -0.440. The predicted octanol–water partition coefficient (Wildman–Crippen LogP) is 2.71. The number of anilines is 1. The number of halogens is 1. The van der Waals surface area contributed by atoms with Crippen LogP contribution in [0, 0.1) is 0 Å². The largest absolute Gasteiger partial charge is 0.493 e. The number of carbonyl (C=O) groups excluding carboxylic acids is 1. The van der Waals surface area contributed by atoms with Crippen LogP contribution in [0.25, 0.3) is 10.8 Å². The molecule has 0 fully saturated rings. The lowest BCUT2D eigenvalue weighted by molar-refractivity contribution is -0.117. The van der Waals surface area contributed by atoms with Gasteiger partial charge in [0.05, 0.1) is 25.8 Å². The minimum absolute atomic E-state index is 0.238. The molecular formula is C18H16ClN3O4. The third-order valence-corrected chi connectivity index (χ3v) is 4.04. The second-order valence-electron chi connectivity index (χ2n) is 5.43. The molecule has 0 unspecified atom stereocenters. The number of methoxy groups -OCH3 is 2. The highest BCUT2D eigenvalue weighted by molar-refractivity contribution is 6.30. The van der Waals surface area contributed by atoms with Crippen LogP contribution in [0.4, 0.5) is 5.69 Å². The Hall–Kier alpha value is -3.06. The summed E-state index contributed by atoms with van der Waals surface area (Å²) in [5.41, 5.74) is 0.136. The first kappa shape index (κ1) is 17.8. The summed E-state index contributed by atoms with van der Waals surface area (Å²) >= 11 is 5.82. The van der Waals surface area contributed by atoms with Crippen molar-refractivity contribution in [2.75, 3.05) is 19.5 Å². The lowest BCUT2D eigenvalue weighted by atomic mass is 10.1. The Balaban J connectivity index is 1.93. The van der Waals surface area contributed by atoms with E-state index in [0.717, 1.165) is 4.68 Å². The van der Waals surface area contributed by atoms with Crippen molar-refractivity contribution >= 4 is 34.0 Å². The third-order valence-electron chi connectivity index (χ3n) is 3.78. The van der Waals surface area contributed by atoms with E-state index in [1.165, 1.54) is 20.4 Å². The van der Waals surface area contributed by atoms with Gasteiger partial charge < -0.3 is 14.8 Å². The predicted molar refractivity (Wildman–Crippen MR) is 99.2 cm³/mol. The van der Waals surface area contributed by atoms with Gasteiger partial charge >= 0.3 is 0 Å². The third kappa shape index (κ3) is 3.48. The lowest BCUT2D eigenvalue weighted by Gasteiger charge is -2.12. The number of aromatic nitrogens is 2. The zero-order valence-corrected chi connectivity index (χ0v) is 14.9. The van der Waals surface area contributed by atoms with Crippen LogP contribution < -0.4 is 20.3 Å². The van der Waals surface area contributed by atoms with Gasteiger partial charge in [0, 0.05) is 16.1 Å². The molecule has 26 heavy (non-hydrogen) atoms. The van der Waals surface area contributed by atoms with Gasteiger partial charge in [0.1, 0.15) is 6.54 Å². The highest BCUT2D eigenvalue weighted by atomic mass is 35.5. The Morgan fingerprint density at radius 1 is 1.15 bits per heavy atom. The number of ether oxygens (including phenoxy) is 2. The summed E-state index contributed by atoms with van der Waals surface area (Å²) in [6.07, 6.45) is 1.51. The molecule has 0 saturated carbocycles. The molecule has 0 aliphatic carbocycles. The molecule has 0 aliphatic rings. The molecule has 0 aliphatic heterocycles. The van der Waals surface area contributed by atoms with E-state index in [4.69, 9.17) is 21.1 Å². The van der Waals surface area contributed by atoms with Crippen LogP contribution in [0.5, 0.6) is 11.5 Å². The number of benzene rings is 2.